The molecule has 1 aliphatic carbocycles. The van der Waals surface area contributed by atoms with Crippen LogP contribution in [-0.2, 0) is 19.3 Å². The molecule has 1 aromatic rings. The van der Waals surface area contributed by atoms with E-state index in [4.69, 9.17) is 9.31 Å². The topological polar surface area (TPSA) is 77.5 Å². The van der Waals surface area contributed by atoms with Crippen LogP contribution in [0.5, 0.6) is 0 Å². The summed E-state index contributed by atoms with van der Waals surface area (Å²) in [5.74, 6) is 0.305. The van der Waals surface area contributed by atoms with E-state index in [-0.39, 0.29) is 5.25 Å². The van der Waals surface area contributed by atoms with Crippen LogP contribution in [0.2, 0.25) is 0 Å². The van der Waals surface area contributed by atoms with Crippen molar-refractivity contribution in [1.29, 1.82) is 0 Å². The Bertz CT molecular complexity index is 670. The summed E-state index contributed by atoms with van der Waals surface area (Å²) in [6.07, 6.45) is 1.43. The van der Waals surface area contributed by atoms with E-state index >= 15 is 0 Å². The van der Waals surface area contributed by atoms with Crippen LogP contribution in [0.15, 0.2) is 18.2 Å². The molecule has 22 heavy (non-hydrogen) atoms. The molecule has 0 aromatic carbocycles. The molecule has 2 heterocycles. The number of rotatable bonds is 4. The molecular weight excluding hydrogens is 303 g/mol. The van der Waals surface area contributed by atoms with Gasteiger partial charge in [-0.05, 0) is 52.7 Å². The molecule has 1 saturated heterocycles. The minimum atomic E-state index is -3.32. The molecule has 1 aromatic heterocycles. The van der Waals surface area contributed by atoms with Gasteiger partial charge in [-0.1, -0.05) is 6.07 Å². The maximum Gasteiger partial charge on any atom is 0.514 e. The fourth-order valence-corrected chi connectivity index (χ4v) is 3.54. The molecule has 0 atom stereocenters. The van der Waals surface area contributed by atoms with E-state index < -0.39 is 28.3 Å². The summed E-state index contributed by atoms with van der Waals surface area (Å²) in [6.45, 7) is 7.86. The average molecular weight is 324 g/mol. The van der Waals surface area contributed by atoms with Crippen molar-refractivity contribution in [1.82, 2.24) is 4.98 Å². The highest BCUT2D eigenvalue weighted by Gasteiger charge is 2.52. The number of pyridine rings is 1. The Hall–Kier alpha value is -1.12. The third-order valence-corrected chi connectivity index (χ3v) is 6.32. The lowest BCUT2D eigenvalue weighted by atomic mass is 9.84. The van der Waals surface area contributed by atoms with E-state index in [0.717, 1.165) is 0 Å². The Morgan fingerprint density at radius 1 is 1.18 bits per heavy atom. The third-order valence-electron chi connectivity index (χ3n) is 4.48. The molecule has 120 valence electrons. The van der Waals surface area contributed by atoms with Crippen LogP contribution in [0, 0.1) is 0 Å². The Kier molecular flexibility index (Phi) is 3.54. The molecular formula is C14H21BN2O4S. The first kappa shape index (κ1) is 15.8. The van der Waals surface area contributed by atoms with Gasteiger partial charge in [-0.3, -0.25) is 4.72 Å². The van der Waals surface area contributed by atoms with Crippen LogP contribution in [0.25, 0.3) is 0 Å². The minimum Gasteiger partial charge on any atom is -0.398 e. The van der Waals surface area contributed by atoms with E-state index in [1.807, 2.05) is 27.7 Å². The van der Waals surface area contributed by atoms with Crippen LogP contribution in [-0.4, -0.2) is 37.0 Å². The normalized spacial score (nSPS) is 23.5. The molecule has 0 unspecified atom stereocenters. The van der Waals surface area contributed by atoms with Crippen LogP contribution >= 0.6 is 0 Å². The van der Waals surface area contributed by atoms with E-state index in [1.165, 1.54) is 0 Å². The second-order valence-electron chi connectivity index (χ2n) is 6.88. The Labute approximate surface area is 131 Å². The number of nitrogens with zero attached hydrogens (tertiary/aromatic N) is 1. The predicted octanol–water partition coefficient (Wildman–Crippen LogP) is 1.28. The first-order valence-electron chi connectivity index (χ1n) is 7.45. The van der Waals surface area contributed by atoms with Crippen molar-refractivity contribution in [3.8, 4) is 0 Å². The summed E-state index contributed by atoms with van der Waals surface area (Å²) in [7, 11) is -3.92. The van der Waals surface area contributed by atoms with Crippen molar-refractivity contribution >= 4 is 28.6 Å². The fraction of sp³-hybridized carbons (Fsp3) is 0.643. The summed E-state index contributed by atoms with van der Waals surface area (Å²) in [4.78, 5) is 4.34. The van der Waals surface area contributed by atoms with Gasteiger partial charge in [0.15, 0.2) is 0 Å². The predicted molar refractivity (Wildman–Crippen MR) is 85.5 cm³/mol. The lowest BCUT2D eigenvalue weighted by Crippen LogP contribution is -2.41. The van der Waals surface area contributed by atoms with Gasteiger partial charge < -0.3 is 9.31 Å². The molecule has 2 fully saturated rings. The number of hydrogen-bond donors (Lipinski definition) is 1. The maximum atomic E-state index is 12.0. The zero-order valence-electron chi connectivity index (χ0n) is 13.3. The largest absolute Gasteiger partial charge is 0.514 e. The molecule has 0 radical (unpaired) electrons. The van der Waals surface area contributed by atoms with E-state index in [9.17, 15) is 8.42 Å². The second-order valence-corrected chi connectivity index (χ2v) is 8.84. The standard InChI is InChI=1S/C14H21BN2O4S/c1-13(2)14(3,4)21-15(20-13)11-6-5-7-12(16-11)17-22(18,19)10-8-9-10/h5-7,10H,8-9H2,1-4H3,(H,16,17). The highest BCUT2D eigenvalue weighted by molar-refractivity contribution is 7.93. The Balaban J connectivity index is 1.80. The van der Waals surface area contributed by atoms with Crippen molar-refractivity contribution in [2.24, 2.45) is 0 Å². The van der Waals surface area contributed by atoms with Gasteiger partial charge in [0.2, 0.25) is 10.0 Å². The van der Waals surface area contributed by atoms with Crippen molar-refractivity contribution in [3.63, 3.8) is 0 Å². The van der Waals surface area contributed by atoms with Crippen LogP contribution < -0.4 is 10.3 Å². The lowest BCUT2D eigenvalue weighted by molar-refractivity contribution is 0.00578. The van der Waals surface area contributed by atoms with E-state index in [1.54, 1.807) is 18.2 Å². The molecule has 1 saturated carbocycles. The Morgan fingerprint density at radius 3 is 2.32 bits per heavy atom. The number of anilines is 1. The molecule has 1 N–H and O–H groups in total. The minimum absolute atomic E-state index is 0.283. The quantitative estimate of drug-likeness (QED) is 0.845. The molecule has 0 amide bonds. The molecule has 6 nitrogen and oxygen atoms in total. The summed E-state index contributed by atoms with van der Waals surface area (Å²) >= 11 is 0. The van der Waals surface area contributed by atoms with Crippen molar-refractivity contribution in [2.45, 2.75) is 57.0 Å². The molecule has 3 rings (SSSR count). The van der Waals surface area contributed by atoms with Crippen molar-refractivity contribution < 1.29 is 17.7 Å². The van der Waals surface area contributed by atoms with Gasteiger partial charge in [-0.15, -0.1) is 0 Å². The van der Waals surface area contributed by atoms with Crippen LogP contribution in [0.3, 0.4) is 0 Å². The van der Waals surface area contributed by atoms with Gasteiger partial charge in [0.25, 0.3) is 0 Å². The van der Waals surface area contributed by atoms with E-state index in [2.05, 4.69) is 9.71 Å². The summed E-state index contributed by atoms with van der Waals surface area (Å²) in [5.41, 5.74) is -0.346. The molecule has 8 heteroatoms. The van der Waals surface area contributed by atoms with Crippen molar-refractivity contribution in [3.05, 3.63) is 18.2 Å². The summed E-state index contributed by atoms with van der Waals surface area (Å²) < 4.78 is 38.4. The van der Waals surface area contributed by atoms with Crippen molar-refractivity contribution in [2.75, 3.05) is 4.72 Å². The summed E-state index contributed by atoms with van der Waals surface area (Å²) in [5, 5.41) is -0.283. The molecule has 0 bridgehead atoms. The van der Waals surface area contributed by atoms with Gasteiger partial charge in [0, 0.05) is 0 Å². The highest BCUT2D eigenvalue weighted by Crippen LogP contribution is 2.36. The first-order chi connectivity index (χ1) is 10.1. The summed E-state index contributed by atoms with van der Waals surface area (Å²) in [6, 6.07) is 5.16. The second kappa shape index (κ2) is 4.94. The SMILES string of the molecule is CC1(C)OB(c2cccc(NS(=O)(=O)C3CC3)n2)OC1(C)C. The lowest BCUT2D eigenvalue weighted by Gasteiger charge is -2.32. The number of sulfonamides is 1. The zero-order chi connectivity index (χ0) is 16.2. The highest BCUT2D eigenvalue weighted by atomic mass is 32.2. The fourth-order valence-electron chi connectivity index (χ4n) is 2.21. The van der Waals surface area contributed by atoms with Gasteiger partial charge in [-0.25, -0.2) is 13.4 Å². The number of nitrogens with one attached hydrogen (secondary N) is 1. The Morgan fingerprint density at radius 2 is 1.77 bits per heavy atom. The van der Waals surface area contributed by atoms with Gasteiger partial charge in [-0.2, -0.15) is 0 Å². The number of hydrogen-bond acceptors (Lipinski definition) is 5. The van der Waals surface area contributed by atoms with Crippen LogP contribution in [0.4, 0.5) is 5.82 Å². The smallest absolute Gasteiger partial charge is 0.398 e. The maximum absolute atomic E-state index is 12.0. The average Bonchev–Trinajstić information content (AvgIpc) is 3.18. The third kappa shape index (κ3) is 2.87. The monoisotopic (exact) mass is 324 g/mol. The van der Waals surface area contributed by atoms with E-state index in [0.29, 0.717) is 24.3 Å². The van der Waals surface area contributed by atoms with Gasteiger partial charge >= 0.3 is 7.12 Å². The zero-order valence-corrected chi connectivity index (χ0v) is 14.1. The molecule has 2 aliphatic rings. The first-order valence-corrected chi connectivity index (χ1v) is 9.00. The van der Waals surface area contributed by atoms with Gasteiger partial charge in [0.05, 0.1) is 22.0 Å². The molecule has 1 aliphatic heterocycles. The van der Waals surface area contributed by atoms with Gasteiger partial charge in [0.1, 0.15) is 5.82 Å². The number of aromatic nitrogens is 1. The molecule has 0 spiro atoms. The van der Waals surface area contributed by atoms with Crippen LogP contribution in [0.1, 0.15) is 40.5 Å².